The number of ether oxygens (including phenoxy) is 2. The number of carbonyl (C=O) groups is 1. The molecule has 1 aromatic rings. The van der Waals surface area contributed by atoms with E-state index in [1.807, 2.05) is 29.3 Å². The van der Waals surface area contributed by atoms with E-state index in [1.165, 1.54) is 4.90 Å². The highest BCUT2D eigenvalue weighted by atomic mass is 16.5. The largest absolute Gasteiger partial charge is 0.424 e. The summed E-state index contributed by atoms with van der Waals surface area (Å²) in [6, 6.07) is 6.99. The SMILES string of the molecule is O=C1Oc2ccccc2C2C1N=NN2CC[NH+]1CCOCC1. The van der Waals surface area contributed by atoms with Crippen molar-refractivity contribution >= 4 is 5.97 Å². The lowest BCUT2D eigenvalue weighted by Gasteiger charge is -2.31. The lowest BCUT2D eigenvalue weighted by molar-refractivity contribution is -0.907. The highest BCUT2D eigenvalue weighted by Gasteiger charge is 2.45. The number of nitrogens with one attached hydrogen (secondary N) is 1. The highest BCUT2D eigenvalue weighted by molar-refractivity contribution is 5.82. The first-order chi connectivity index (χ1) is 10.8. The smallest absolute Gasteiger partial charge is 0.340 e. The van der Waals surface area contributed by atoms with E-state index < -0.39 is 6.04 Å². The number of hydrogen-bond acceptors (Lipinski definition) is 6. The van der Waals surface area contributed by atoms with Crippen LogP contribution in [0.3, 0.4) is 0 Å². The van der Waals surface area contributed by atoms with Crippen LogP contribution < -0.4 is 9.64 Å². The summed E-state index contributed by atoms with van der Waals surface area (Å²) in [5.41, 5.74) is 0.995. The Labute approximate surface area is 128 Å². The predicted molar refractivity (Wildman–Crippen MR) is 76.6 cm³/mol. The van der Waals surface area contributed by atoms with Gasteiger partial charge in [-0.05, 0) is 6.07 Å². The quantitative estimate of drug-likeness (QED) is 0.610. The predicted octanol–water partition coefficient (Wildman–Crippen LogP) is -0.387. The Morgan fingerprint density at radius 2 is 2.09 bits per heavy atom. The zero-order valence-corrected chi connectivity index (χ0v) is 12.3. The molecule has 2 atom stereocenters. The minimum absolute atomic E-state index is 0.127. The Balaban J connectivity index is 1.50. The van der Waals surface area contributed by atoms with Crippen LogP contribution in [0.5, 0.6) is 5.75 Å². The van der Waals surface area contributed by atoms with E-state index in [0.29, 0.717) is 5.75 Å². The molecule has 3 heterocycles. The maximum atomic E-state index is 12.1. The molecule has 0 saturated carbocycles. The van der Waals surface area contributed by atoms with Crippen LogP contribution in [0.4, 0.5) is 0 Å². The second kappa shape index (κ2) is 5.66. The molecular formula is C15H19N4O3+. The summed E-state index contributed by atoms with van der Waals surface area (Å²) >= 11 is 0. The van der Waals surface area contributed by atoms with Crippen molar-refractivity contribution in [3.8, 4) is 5.75 Å². The van der Waals surface area contributed by atoms with E-state index in [1.54, 1.807) is 0 Å². The van der Waals surface area contributed by atoms with Gasteiger partial charge in [-0.1, -0.05) is 23.4 Å². The number of fused-ring (bicyclic) bond motifs is 3. The van der Waals surface area contributed by atoms with Gasteiger partial charge in [-0.15, -0.1) is 0 Å². The van der Waals surface area contributed by atoms with E-state index in [2.05, 4.69) is 10.3 Å². The average Bonchev–Trinajstić information content (AvgIpc) is 2.99. The first-order valence-corrected chi connectivity index (χ1v) is 7.72. The number of benzene rings is 1. The summed E-state index contributed by atoms with van der Waals surface area (Å²) in [7, 11) is 0. The number of rotatable bonds is 3. The molecule has 0 spiro atoms. The van der Waals surface area contributed by atoms with Crippen LogP contribution in [0.1, 0.15) is 11.6 Å². The molecule has 0 bridgehead atoms. The minimum Gasteiger partial charge on any atom is -0.424 e. The fourth-order valence-corrected chi connectivity index (χ4v) is 3.26. The van der Waals surface area contributed by atoms with Gasteiger partial charge in [0.15, 0.2) is 6.04 Å². The van der Waals surface area contributed by atoms with Crippen molar-refractivity contribution in [2.24, 2.45) is 10.3 Å². The highest BCUT2D eigenvalue weighted by Crippen LogP contribution is 2.41. The van der Waals surface area contributed by atoms with Gasteiger partial charge in [0.2, 0.25) is 0 Å². The molecule has 1 N–H and O–H groups in total. The van der Waals surface area contributed by atoms with Gasteiger partial charge < -0.3 is 14.4 Å². The van der Waals surface area contributed by atoms with E-state index in [0.717, 1.165) is 45.0 Å². The maximum absolute atomic E-state index is 12.1. The van der Waals surface area contributed by atoms with Crippen LogP contribution in [0, 0.1) is 0 Å². The summed E-state index contributed by atoms with van der Waals surface area (Å²) in [5.74, 6) is 0.318. The second-order valence-corrected chi connectivity index (χ2v) is 5.83. The molecule has 4 rings (SSSR count). The third-order valence-corrected chi connectivity index (χ3v) is 4.50. The number of nitrogens with zero attached hydrogens (tertiary/aromatic N) is 3. The zero-order chi connectivity index (χ0) is 14.9. The van der Waals surface area contributed by atoms with Gasteiger partial charge in [-0.3, -0.25) is 5.01 Å². The fourth-order valence-electron chi connectivity index (χ4n) is 3.26. The Kier molecular flexibility index (Phi) is 3.51. The van der Waals surface area contributed by atoms with Crippen molar-refractivity contribution in [3.05, 3.63) is 29.8 Å². The van der Waals surface area contributed by atoms with Gasteiger partial charge in [0.1, 0.15) is 24.9 Å². The van der Waals surface area contributed by atoms with Crippen LogP contribution in [-0.4, -0.2) is 56.4 Å². The molecule has 0 aliphatic carbocycles. The van der Waals surface area contributed by atoms with Crippen LogP contribution in [0.2, 0.25) is 0 Å². The molecule has 1 fully saturated rings. The molecule has 0 amide bonds. The molecule has 0 aromatic heterocycles. The summed E-state index contributed by atoms with van der Waals surface area (Å²) < 4.78 is 10.7. The maximum Gasteiger partial charge on any atom is 0.340 e. The van der Waals surface area contributed by atoms with Gasteiger partial charge in [-0.2, -0.15) is 5.11 Å². The lowest BCUT2D eigenvalue weighted by Crippen LogP contribution is -3.14. The van der Waals surface area contributed by atoms with Gasteiger partial charge in [0, 0.05) is 5.56 Å². The molecule has 1 aromatic carbocycles. The van der Waals surface area contributed by atoms with Crippen LogP contribution in [0.25, 0.3) is 0 Å². The minimum atomic E-state index is -0.533. The van der Waals surface area contributed by atoms with Crippen molar-refractivity contribution in [1.29, 1.82) is 0 Å². The van der Waals surface area contributed by atoms with Crippen molar-refractivity contribution in [2.75, 3.05) is 39.4 Å². The average molecular weight is 303 g/mol. The molecule has 0 radical (unpaired) electrons. The van der Waals surface area contributed by atoms with Gasteiger partial charge in [0.05, 0.1) is 26.3 Å². The molecule has 7 nitrogen and oxygen atoms in total. The monoisotopic (exact) mass is 303 g/mol. The van der Waals surface area contributed by atoms with Gasteiger partial charge in [-0.25, -0.2) is 4.79 Å². The fraction of sp³-hybridized carbons (Fsp3) is 0.533. The standard InChI is InChI=1S/C15H18N4O3/c20-15-13-14(11-3-1-2-4-12(11)22-15)19(17-16-13)6-5-18-7-9-21-10-8-18/h1-4,13-14H,5-10H2/p+1. The molecule has 22 heavy (non-hydrogen) atoms. The summed E-state index contributed by atoms with van der Waals surface area (Å²) in [6.45, 7) is 5.44. The molecule has 3 aliphatic heterocycles. The van der Waals surface area contributed by atoms with E-state index in [4.69, 9.17) is 9.47 Å². The van der Waals surface area contributed by atoms with Gasteiger partial charge in [0.25, 0.3) is 0 Å². The van der Waals surface area contributed by atoms with E-state index in [-0.39, 0.29) is 12.0 Å². The molecule has 7 heteroatoms. The molecule has 116 valence electrons. The number of morpholine rings is 1. The zero-order valence-electron chi connectivity index (χ0n) is 12.3. The number of esters is 1. The molecular weight excluding hydrogens is 284 g/mol. The van der Waals surface area contributed by atoms with Crippen LogP contribution >= 0.6 is 0 Å². The lowest BCUT2D eigenvalue weighted by atomic mass is 9.96. The first kappa shape index (κ1) is 13.7. The van der Waals surface area contributed by atoms with Crippen molar-refractivity contribution < 1.29 is 19.2 Å². The Bertz CT molecular complexity index is 600. The van der Waals surface area contributed by atoms with Crippen LogP contribution in [-0.2, 0) is 9.53 Å². The number of hydrogen-bond donors (Lipinski definition) is 1. The number of carbonyl (C=O) groups excluding carboxylic acids is 1. The molecule has 1 saturated heterocycles. The third-order valence-electron chi connectivity index (χ3n) is 4.50. The summed E-state index contributed by atoms with van der Waals surface area (Å²) in [5, 5.41) is 10.3. The molecule has 2 unspecified atom stereocenters. The Morgan fingerprint density at radius 3 is 2.95 bits per heavy atom. The second-order valence-electron chi connectivity index (χ2n) is 5.83. The third kappa shape index (κ3) is 2.36. The van der Waals surface area contributed by atoms with Gasteiger partial charge >= 0.3 is 5.97 Å². The van der Waals surface area contributed by atoms with Crippen molar-refractivity contribution in [1.82, 2.24) is 5.01 Å². The van der Waals surface area contributed by atoms with Crippen LogP contribution in [0.15, 0.2) is 34.6 Å². The number of para-hydroxylation sites is 1. The van der Waals surface area contributed by atoms with E-state index in [9.17, 15) is 4.79 Å². The van der Waals surface area contributed by atoms with Crippen molar-refractivity contribution in [2.45, 2.75) is 12.1 Å². The summed E-state index contributed by atoms with van der Waals surface area (Å²) in [4.78, 5) is 13.6. The van der Waals surface area contributed by atoms with E-state index >= 15 is 0 Å². The Hall–Kier alpha value is -1.99. The summed E-state index contributed by atoms with van der Waals surface area (Å²) in [6.07, 6.45) is 0. The molecule has 3 aliphatic rings. The van der Waals surface area contributed by atoms with Crippen molar-refractivity contribution in [3.63, 3.8) is 0 Å². The Morgan fingerprint density at radius 1 is 1.27 bits per heavy atom. The number of quaternary nitrogens is 1. The topological polar surface area (TPSA) is 67.9 Å². The first-order valence-electron chi connectivity index (χ1n) is 7.72. The normalized spacial score (nSPS) is 27.5.